The number of sulfone groups is 1. The quantitative estimate of drug-likeness (QED) is 0.590. The van der Waals surface area contributed by atoms with Crippen LogP contribution < -0.4 is 11.3 Å². The fourth-order valence-electron chi connectivity index (χ4n) is 2.28. The van der Waals surface area contributed by atoms with Crippen LogP contribution in [0.4, 0.5) is 5.82 Å². The first kappa shape index (κ1) is 16.5. The predicted molar refractivity (Wildman–Crippen MR) is 85.6 cm³/mol. The van der Waals surface area contributed by atoms with Crippen molar-refractivity contribution < 1.29 is 8.42 Å². The molecular formula is C12H21N5O2S2. The third kappa shape index (κ3) is 4.06. The third-order valence-electron chi connectivity index (χ3n) is 3.40. The molecule has 0 aromatic carbocycles. The van der Waals surface area contributed by atoms with Crippen LogP contribution >= 0.6 is 11.8 Å². The maximum Gasteiger partial charge on any atom is 0.166 e. The summed E-state index contributed by atoms with van der Waals surface area (Å²) in [6.07, 6.45) is 0. The van der Waals surface area contributed by atoms with E-state index in [2.05, 4.69) is 15.4 Å². The molecule has 0 saturated carbocycles. The minimum absolute atomic E-state index is 0.152. The Kier molecular flexibility index (Phi) is 5.42. The molecular weight excluding hydrogens is 310 g/mol. The maximum atomic E-state index is 12.2. The molecule has 1 saturated heterocycles. The number of aryl methyl sites for hydroxylation is 1. The van der Waals surface area contributed by atoms with Gasteiger partial charge in [-0.2, -0.15) is 11.8 Å². The van der Waals surface area contributed by atoms with Crippen LogP contribution in [0, 0.1) is 6.92 Å². The smallest absolute Gasteiger partial charge is 0.166 e. The highest BCUT2D eigenvalue weighted by Crippen LogP contribution is 2.23. The summed E-state index contributed by atoms with van der Waals surface area (Å²) in [4.78, 5) is 10.6. The fourth-order valence-corrected chi connectivity index (χ4v) is 5.36. The summed E-state index contributed by atoms with van der Waals surface area (Å²) in [5, 5.41) is -0.459. The van der Waals surface area contributed by atoms with Crippen molar-refractivity contribution in [2.75, 3.05) is 29.2 Å². The number of nitrogens with two attached hydrogens (primary N) is 1. The van der Waals surface area contributed by atoms with E-state index in [0.717, 1.165) is 18.0 Å². The highest BCUT2D eigenvalue weighted by molar-refractivity contribution is 8.01. The van der Waals surface area contributed by atoms with Gasteiger partial charge in [-0.1, -0.05) is 6.92 Å². The zero-order valence-corrected chi connectivity index (χ0v) is 13.9. The van der Waals surface area contributed by atoms with Gasteiger partial charge < -0.3 is 5.43 Å². The molecule has 1 aromatic heterocycles. The Labute approximate surface area is 129 Å². The standard InChI is InChI=1S/C12H21N5O2S2/c1-3-21(18,19)12-8-20-5-4-17(12)7-11-14-9(2)6-10(15-11)16-13/h6,12H,3-5,7-8,13H2,1-2H3,(H,14,15,16). The van der Waals surface area contributed by atoms with Crippen molar-refractivity contribution in [2.24, 2.45) is 5.84 Å². The van der Waals surface area contributed by atoms with Gasteiger partial charge in [-0.15, -0.1) is 0 Å². The van der Waals surface area contributed by atoms with Crippen molar-refractivity contribution in [3.05, 3.63) is 17.6 Å². The normalized spacial score (nSPS) is 20.4. The molecule has 118 valence electrons. The number of nitrogen functional groups attached to an aromatic ring is 1. The third-order valence-corrected chi connectivity index (χ3v) is 6.73. The van der Waals surface area contributed by atoms with Gasteiger partial charge in [0, 0.05) is 35.6 Å². The van der Waals surface area contributed by atoms with Crippen molar-refractivity contribution in [1.82, 2.24) is 14.9 Å². The molecule has 0 bridgehead atoms. The average molecular weight is 331 g/mol. The van der Waals surface area contributed by atoms with Crippen molar-refractivity contribution in [3.63, 3.8) is 0 Å². The lowest BCUT2D eigenvalue weighted by molar-refractivity contribution is 0.255. The molecule has 0 spiro atoms. The second kappa shape index (κ2) is 6.91. The molecule has 9 heteroatoms. The Morgan fingerprint density at radius 1 is 1.52 bits per heavy atom. The Balaban J connectivity index is 2.21. The topological polar surface area (TPSA) is 101 Å². The van der Waals surface area contributed by atoms with Crippen LogP contribution in [-0.4, -0.2) is 52.5 Å². The van der Waals surface area contributed by atoms with Gasteiger partial charge in [0.2, 0.25) is 0 Å². The van der Waals surface area contributed by atoms with Crippen LogP contribution in [0.5, 0.6) is 0 Å². The Bertz CT molecular complexity index is 593. The number of nitrogens with one attached hydrogen (secondary N) is 1. The molecule has 1 aliphatic rings. The molecule has 0 amide bonds. The molecule has 2 rings (SSSR count). The summed E-state index contributed by atoms with van der Waals surface area (Å²) in [6, 6.07) is 1.75. The van der Waals surface area contributed by atoms with Gasteiger partial charge in [0.1, 0.15) is 17.0 Å². The van der Waals surface area contributed by atoms with E-state index >= 15 is 0 Å². The minimum Gasteiger partial charge on any atom is -0.308 e. The highest BCUT2D eigenvalue weighted by atomic mass is 32.2. The Morgan fingerprint density at radius 2 is 2.29 bits per heavy atom. The number of nitrogens with zero attached hydrogens (tertiary/aromatic N) is 3. The number of hydrogen-bond acceptors (Lipinski definition) is 8. The van der Waals surface area contributed by atoms with Gasteiger partial charge in [0.15, 0.2) is 9.84 Å². The van der Waals surface area contributed by atoms with Crippen molar-refractivity contribution >= 4 is 27.4 Å². The van der Waals surface area contributed by atoms with E-state index in [-0.39, 0.29) is 5.75 Å². The molecule has 21 heavy (non-hydrogen) atoms. The maximum absolute atomic E-state index is 12.2. The van der Waals surface area contributed by atoms with Gasteiger partial charge in [0.05, 0.1) is 6.54 Å². The lowest BCUT2D eigenvalue weighted by Crippen LogP contribution is -2.47. The average Bonchev–Trinajstić information content (AvgIpc) is 2.47. The van der Waals surface area contributed by atoms with E-state index in [9.17, 15) is 8.42 Å². The monoisotopic (exact) mass is 331 g/mol. The van der Waals surface area contributed by atoms with Crippen LogP contribution in [-0.2, 0) is 16.4 Å². The molecule has 0 radical (unpaired) electrons. The first-order valence-corrected chi connectivity index (χ1v) is 9.68. The molecule has 1 fully saturated rings. The summed E-state index contributed by atoms with van der Waals surface area (Å²) >= 11 is 1.68. The van der Waals surface area contributed by atoms with Gasteiger partial charge in [-0.25, -0.2) is 24.2 Å². The second-order valence-corrected chi connectivity index (χ2v) is 8.50. The molecule has 7 nitrogen and oxygen atoms in total. The number of hydrogen-bond donors (Lipinski definition) is 2. The number of hydrazine groups is 1. The summed E-state index contributed by atoms with van der Waals surface area (Å²) < 4.78 is 24.4. The summed E-state index contributed by atoms with van der Waals surface area (Å²) in [6.45, 7) is 4.68. The first-order chi connectivity index (χ1) is 9.96. The number of thioether (sulfide) groups is 1. The molecule has 1 atom stereocenters. The van der Waals surface area contributed by atoms with Gasteiger partial charge in [-0.3, -0.25) is 4.90 Å². The van der Waals surface area contributed by atoms with E-state index in [1.165, 1.54) is 0 Å². The molecule has 0 aliphatic carbocycles. The molecule has 1 unspecified atom stereocenters. The lowest BCUT2D eigenvalue weighted by Gasteiger charge is -2.34. The molecule has 2 heterocycles. The number of rotatable bonds is 5. The van der Waals surface area contributed by atoms with Crippen LogP contribution in [0.25, 0.3) is 0 Å². The second-order valence-electron chi connectivity index (χ2n) is 4.91. The minimum atomic E-state index is -3.11. The number of anilines is 1. The van der Waals surface area contributed by atoms with E-state index in [4.69, 9.17) is 5.84 Å². The van der Waals surface area contributed by atoms with Crippen molar-refractivity contribution in [2.45, 2.75) is 25.8 Å². The predicted octanol–water partition coefficient (Wildman–Crippen LogP) is 0.380. The largest absolute Gasteiger partial charge is 0.308 e. The van der Waals surface area contributed by atoms with Crippen LogP contribution in [0.3, 0.4) is 0 Å². The molecule has 1 aliphatic heterocycles. The van der Waals surface area contributed by atoms with E-state index in [1.807, 2.05) is 11.8 Å². The van der Waals surface area contributed by atoms with E-state index < -0.39 is 15.2 Å². The highest BCUT2D eigenvalue weighted by Gasteiger charge is 2.33. The zero-order valence-electron chi connectivity index (χ0n) is 12.2. The van der Waals surface area contributed by atoms with Gasteiger partial charge >= 0.3 is 0 Å². The number of aromatic nitrogens is 2. The lowest BCUT2D eigenvalue weighted by atomic mass is 10.4. The van der Waals surface area contributed by atoms with Crippen molar-refractivity contribution in [1.29, 1.82) is 0 Å². The summed E-state index contributed by atoms with van der Waals surface area (Å²) in [5.74, 6) is 8.19. The Morgan fingerprint density at radius 3 is 2.95 bits per heavy atom. The summed E-state index contributed by atoms with van der Waals surface area (Å²) in [5.41, 5.74) is 3.31. The van der Waals surface area contributed by atoms with Crippen LogP contribution in [0.15, 0.2) is 6.07 Å². The first-order valence-electron chi connectivity index (χ1n) is 6.81. The Hall–Kier alpha value is -0.900. The zero-order chi connectivity index (χ0) is 15.5. The SMILES string of the molecule is CCS(=O)(=O)C1CSCCN1Cc1nc(C)cc(NN)n1. The van der Waals surface area contributed by atoms with Gasteiger partial charge in [-0.05, 0) is 6.92 Å². The molecule has 3 N–H and O–H groups in total. The van der Waals surface area contributed by atoms with E-state index in [1.54, 1.807) is 24.8 Å². The summed E-state index contributed by atoms with van der Waals surface area (Å²) in [7, 11) is -3.11. The van der Waals surface area contributed by atoms with Crippen LogP contribution in [0.1, 0.15) is 18.4 Å². The van der Waals surface area contributed by atoms with Gasteiger partial charge in [0.25, 0.3) is 0 Å². The molecule has 1 aromatic rings. The van der Waals surface area contributed by atoms with Crippen molar-refractivity contribution in [3.8, 4) is 0 Å². The fraction of sp³-hybridized carbons (Fsp3) is 0.667. The van der Waals surface area contributed by atoms with E-state index in [0.29, 0.717) is 23.9 Å². The van der Waals surface area contributed by atoms with Crippen LogP contribution in [0.2, 0.25) is 0 Å².